The van der Waals surface area contributed by atoms with Gasteiger partial charge in [-0.3, -0.25) is 0 Å². The van der Waals surface area contributed by atoms with E-state index in [0.717, 1.165) is 12.8 Å². The maximum atomic E-state index is 13.8. The molecule has 5 heteroatoms. The van der Waals surface area contributed by atoms with Gasteiger partial charge in [-0.05, 0) is 51.4 Å². The quantitative estimate of drug-likeness (QED) is 0.902. The average molecular weight is 285 g/mol. The van der Waals surface area contributed by atoms with E-state index in [2.05, 4.69) is 5.32 Å². The molecule has 0 saturated carbocycles. The van der Waals surface area contributed by atoms with Crippen molar-refractivity contribution in [1.29, 1.82) is 0 Å². The number of halogens is 2. The molecule has 0 amide bonds. The van der Waals surface area contributed by atoms with Crippen molar-refractivity contribution >= 4 is 0 Å². The van der Waals surface area contributed by atoms with Gasteiger partial charge < -0.3 is 14.8 Å². The molecule has 1 aromatic rings. The van der Waals surface area contributed by atoms with Crippen LogP contribution >= 0.6 is 0 Å². The molecule has 0 bridgehead atoms. The topological polar surface area (TPSA) is 30.5 Å². The van der Waals surface area contributed by atoms with E-state index in [9.17, 15) is 8.78 Å². The minimum Gasteiger partial charge on any atom is -0.485 e. The van der Waals surface area contributed by atoms with Gasteiger partial charge in [-0.1, -0.05) is 0 Å². The van der Waals surface area contributed by atoms with Crippen molar-refractivity contribution in [2.45, 2.75) is 44.9 Å². The molecule has 3 nitrogen and oxygen atoms in total. The lowest BCUT2D eigenvalue weighted by molar-refractivity contribution is -0.0335. The molecular formula is C15H21F2NO2. The van der Waals surface area contributed by atoms with Gasteiger partial charge in [0, 0.05) is 6.54 Å². The molecule has 20 heavy (non-hydrogen) atoms. The van der Waals surface area contributed by atoms with Crippen LogP contribution in [0, 0.1) is 11.6 Å². The normalized spacial score (nSPS) is 21.1. The fraction of sp³-hybridized carbons (Fsp3) is 0.600. The van der Waals surface area contributed by atoms with Crippen LogP contribution in [0.3, 0.4) is 0 Å². The van der Waals surface area contributed by atoms with Crippen LogP contribution in [0.25, 0.3) is 0 Å². The molecule has 1 fully saturated rings. The van der Waals surface area contributed by atoms with Crippen LogP contribution in [0.5, 0.6) is 5.75 Å². The molecule has 0 aliphatic carbocycles. The second-order valence-corrected chi connectivity index (χ2v) is 5.77. The molecule has 0 radical (unpaired) electrons. The summed E-state index contributed by atoms with van der Waals surface area (Å²) in [5.41, 5.74) is 0.370. The van der Waals surface area contributed by atoms with Crippen LogP contribution in [-0.2, 0) is 11.3 Å². The Hall–Kier alpha value is -1.20. The predicted molar refractivity (Wildman–Crippen MR) is 72.8 cm³/mol. The van der Waals surface area contributed by atoms with Gasteiger partial charge in [0.25, 0.3) is 0 Å². The number of hydrogen-bond donors (Lipinski definition) is 1. The van der Waals surface area contributed by atoms with Crippen LogP contribution in [-0.4, -0.2) is 25.4 Å². The predicted octanol–water partition coefficient (Wildman–Crippen LogP) is 3.02. The van der Waals surface area contributed by atoms with Gasteiger partial charge in [-0.15, -0.1) is 0 Å². The lowest BCUT2D eigenvalue weighted by atomic mass is 10.1. The largest absolute Gasteiger partial charge is 0.485 e. The second kappa shape index (κ2) is 6.06. The van der Waals surface area contributed by atoms with Gasteiger partial charge in [-0.25, -0.2) is 8.78 Å². The van der Waals surface area contributed by atoms with Gasteiger partial charge >= 0.3 is 0 Å². The summed E-state index contributed by atoms with van der Waals surface area (Å²) < 4.78 is 38.7. The first-order valence-electron chi connectivity index (χ1n) is 6.84. The minimum absolute atomic E-state index is 0.110. The summed E-state index contributed by atoms with van der Waals surface area (Å²) >= 11 is 0. The van der Waals surface area contributed by atoms with Crippen LogP contribution in [0.1, 0.15) is 32.3 Å². The first-order chi connectivity index (χ1) is 9.41. The van der Waals surface area contributed by atoms with Gasteiger partial charge in [0.05, 0.1) is 11.7 Å². The first-order valence-corrected chi connectivity index (χ1v) is 6.84. The van der Waals surface area contributed by atoms with E-state index in [0.29, 0.717) is 12.1 Å². The molecule has 2 rings (SSSR count). The van der Waals surface area contributed by atoms with Crippen LogP contribution in [0.4, 0.5) is 8.78 Å². The van der Waals surface area contributed by atoms with E-state index in [-0.39, 0.29) is 24.1 Å². The fourth-order valence-corrected chi connectivity index (χ4v) is 2.43. The zero-order valence-electron chi connectivity index (χ0n) is 12.1. The molecule has 1 heterocycles. The van der Waals surface area contributed by atoms with Crippen molar-refractivity contribution < 1.29 is 18.3 Å². The van der Waals surface area contributed by atoms with E-state index in [4.69, 9.17) is 9.47 Å². The molecule has 1 aliphatic rings. The highest BCUT2D eigenvalue weighted by Gasteiger charge is 2.32. The smallest absolute Gasteiger partial charge is 0.190 e. The van der Waals surface area contributed by atoms with Crippen LogP contribution < -0.4 is 10.1 Å². The highest BCUT2D eigenvalue weighted by atomic mass is 19.1. The van der Waals surface area contributed by atoms with E-state index in [1.165, 1.54) is 12.1 Å². The third kappa shape index (κ3) is 3.67. The summed E-state index contributed by atoms with van der Waals surface area (Å²) in [7, 11) is 1.72. The summed E-state index contributed by atoms with van der Waals surface area (Å²) in [5.74, 6) is -1.67. The zero-order chi connectivity index (χ0) is 14.8. The Balaban J connectivity index is 1.99. The molecule has 1 saturated heterocycles. The number of ether oxygens (including phenoxy) is 2. The van der Waals surface area contributed by atoms with Crippen molar-refractivity contribution in [3.63, 3.8) is 0 Å². The first kappa shape index (κ1) is 15.2. The van der Waals surface area contributed by atoms with E-state index >= 15 is 0 Å². The zero-order valence-corrected chi connectivity index (χ0v) is 12.1. The number of hydrogen-bond acceptors (Lipinski definition) is 3. The molecule has 0 aromatic heterocycles. The summed E-state index contributed by atoms with van der Waals surface area (Å²) in [6, 6.07) is 2.57. The Bertz CT molecular complexity index is 454. The lowest BCUT2D eigenvalue weighted by Gasteiger charge is -2.19. The third-order valence-electron chi connectivity index (χ3n) is 3.41. The van der Waals surface area contributed by atoms with Crippen LogP contribution in [0.15, 0.2) is 12.1 Å². The molecule has 1 atom stereocenters. The van der Waals surface area contributed by atoms with Gasteiger partial charge in [0.2, 0.25) is 0 Å². The van der Waals surface area contributed by atoms with Crippen molar-refractivity contribution in [3.8, 4) is 5.75 Å². The maximum absolute atomic E-state index is 13.8. The maximum Gasteiger partial charge on any atom is 0.190 e. The molecule has 112 valence electrons. The van der Waals surface area contributed by atoms with E-state index in [1.807, 2.05) is 13.8 Å². The Morgan fingerprint density at radius 1 is 1.35 bits per heavy atom. The standard InChI is InChI=1S/C15H21F2NO2/c1-15(2)5-4-11(20-15)9-19-14-12(16)6-10(8-18-3)7-13(14)17/h6-7,11,18H,4-5,8-9H2,1-3H3. The summed E-state index contributed by atoms with van der Waals surface area (Å²) in [5, 5.41) is 2.85. The second-order valence-electron chi connectivity index (χ2n) is 5.77. The minimum atomic E-state index is -0.674. The van der Waals surface area contributed by atoms with Crippen molar-refractivity contribution in [2.24, 2.45) is 0 Å². The molecule has 1 aromatic carbocycles. The molecule has 0 spiro atoms. The molecular weight excluding hydrogens is 264 g/mol. The Morgan fingerprint density at radius 3 is 2.50 bits per heavy atom. The highest BCUT2D eigenvalue weighted by molar-refractivity contribution is 5.31. The van der Waals surface area contributed by atoms with E-state index in [1.54, 1.807) is 7.05 Å². The summed E-state index contributed by atoms with van der Waals surface area (Å²) in [6.45, 7) is 4.58. The number of rotatable bonds is 5. The Labute approximate surface area is 118 Å². The van der Waals surface area contributed by atoms with Gasteiger partial charge in [0.15, 0.2) is 17.4 Å². The molecule has 1 N–H and O–H groups in total. The Kier molecular flexibility index (Phi) is 4.60. The summed E-state index contributed by atoms with van der Waals surface area (Å²) in [6.07, 6.45) is 1.65. The van der Waals surface area contributed by atoms with E-state index < -0.39 is 11.6 Å². The van der Waals surface area contributed by atoms with Gasteiger partial charge in [-0.2, -0.15) is 0 Å². The van der Waals surface area contributed by atoms with Crippen LogP contribution in [0.2, 0.25) is 0 Å². The fourth-order valence-electron chi connectivity index (χ4n) is 2.43. The van der Waals surface area contributed by atoms with Crippen molar-refractivity contribution in [2.75, 3.05) is 13.7 Å². The monoisotopic (exact) mass is 285 g/mol. The molecule has 1 aliphatic heterocycles. The van der Waals surface area contributed by atoms with Crippen molar-refractivity contribution in [1.82, 2.24) is 5.32 Å². The molecule has 1 unspecified atom stereocenters. The highest BCUT2D eigenvalue weighted by Crippen LogP contribution is 2.30. The van der Waals surface area contributed by atoms with Crippen molar-refractivity contribution in [3.05, 3.63) is 29.3 Å². The van der Waals surface area contributed by atoms with Gasteiger partial charge in [0.1, 0.15) is 6.61 Å². The summed E-state index contributed by atoms with van der Waals surface area (Å²) in [4.78, 5) is 0. The lowest BCUT2D eigenvalue weighted by Crippen LogP contribution is -2.24. The SMILES string of the molecule is CNCc1cc(F)c(OCC2CCC(C)(C)O2)c(F)c1. The Morgan fingerprint density at radius 2 is 2.00 bits per heavy atom. The third-order valence-corrected chi connectivity index (χ3v) is 3.41. The number of nitrogens with one attached hydrogen (secondary N) is 1. The number of benzene rings is 1. The average Bonchev–Trinajstić information content (AvgIpc) is 2.68.